The van der Waals surface area contributed by atoms with Crippen molar-refractivity contribution in [1.29, 1.82) is 0 Å². The lowest BCUT2D eigenvalue weighted by atomic mass is 9.77. The molecule has 148 valence electrons. The van der Waals surface area contributed by atoms with Gasteiger partial charge in [0.25, 0.3) is 0 Å². The highest BCUT2D eigenvalue weighted by Gasteiger charge is 2.48. The molecule has 3 fully saturated rings. The molecule has 3 heterocycles. The smallest absolute Gasteiger partial charge is 0.316 e. The second-order valence-electron chi connectivity index (χ2n) is 8.68. The van der Waals surface area contributed by atoms with Gasteiger partial charge in [-0.05, 0) is 44.6 Å². The summed E-state index contributed by atoms with van der Waals surface area (Å²) < 4.78 is 5.03. The summed E-state index contributed by atoms with van der Waals surface area (Å²) in [5.74, 6) is 1.15. The average molecular weight is 373 g/mol. The Morgan fingerprint density at radius 1 is 1.11 bits per heavy atom. The molecule has 2 saturated heterocycles. The fourth-order valence-electron chi connectivity index (χ4n) is 5.27. The number of carbonyl (C=O) groups excluding carboxylic acids is 1. The van der Waals surface area contributed by atoms with Crippen LogP contribution in [0, 0.1) is 11.3 Å². The minimum Gasteiger partial charge on any atom is -0.467 e. The van der Waals surface area contributed by atoms with E-state index in [0.717, 1.165) is 63.5 Å². The predicted molar refractivity (Wildman–Crippen MR) is 103 cm³/mol. The lowest BCUT2D eigenvalue weighted by molar-refractivity contribution is -0.146. The Hall–Kier alpha value is -1.69. The van der Waals surface area contributed by atoms with Gasteiger partial charge in [0.1, 0.15) is 0 Å². The van der Waals surface area contributed by atoms with E-state index in [-0.39, 0.29) is 5.41 Å². The Morgan fingerprint density at radius 2 is 1.89 bits per heavy atom. The van der Waals surface area contributed by atoms with E-state index >= 15 is 0 Å². The van der Waals surface area contributed by atoms with E-state index in [1.165, 1.54) is 32.1 Å². The third kappa shape index (κ3) is 4.10. The molecule has 6 heteroatoms. The number of hydrogen-bond donors (Lipinski definition) is 0. The first-order chi connectivity index (χ1) is 13.2. The van der Waals surface area contributed by atoms with Crippen molar-refractivity contribution >= 4 is 5.91 Å². The molecule has 1 aromatic rings. The van der Waals surface area contributed by atoms with Crippen molar-refractivity contribution in [2.45, 2.75) is 57.9 Å². The summed E-state index contributed by atoms with van der Waals surface area (Å²) in [5.41, 5.74) is 0.926. The molecule has 1 spiro atoms. The van der Waals surface area contributed by atoms with E-state index in [4.69, 9.17) is 4.74 Å². The second kappa shape index (κ2) is 8.13. The van der Waals surface area contributed by atoms with Crippen molar-refractivity contribution in [3.8, 4) is 6.01 Å². The van der Waals surface area contributed by atoms with E-state index in [9.17, 15) is 4.79 Å². The molecule has 0 aromatic carbocycles. The van der Waals surface area contributed by atoms with Crippen LogP contribution in [0.15, 0.2) is 12.4 Å². The van der Waals surface area contributed by atoms with Gasteiger partial charge in [0.15, 0.2) is 0 Å². The van der Waals surface area contributed by atoms with Gasteiger partial charge in [0.05, 0.1) is 12.5 Å². The monoisotopic (exact) mass is 372 g/mol. The molecule has 1 aromatic heterocycles. The first kappa shape index (κ1) is 18.7. The van der Waals surface area contributed by atoms with E-state index in [1.54, 1.807) is 7.11 Å². The number of amides is 1. The summed E-state index contributed by atoms with van der Waals surface area (Å²) in [7, 11) is 1.58. The van der Waals surface area contributed by atoms with Crippen LogP contribution in [-0.4, -0.2) is 59.0 Å². The number of likely N-dealkylation sites (tertiary alicyclic amines) is 2. The van der Waals surface area contributed by atoms with Gasteiger partial charge in [-0.15, -0.1) is 0 Å². The zero-order valence-electron chi connectivity index (χ0n) is 16.5. The molecule has 1 saturated carbocycles. The van der Waals surface area contributed by atoms with Gasteiger partial charge in [0.2, 0.25) is 5.91 Å². The third-order valence-electron chi connectivity index (χ3n) is 6.73. The van der Waals surface area contributed by atoms with Gasteiger partial charge in [-0.1, -0.05) is 19.3 Å². The number of aromatic nitrogens is 2. The average Bonchev–Trinajstić information content (AvgIpc) is 3.10. The number of nitrogens with zero attached hydrogens (tertiary/aromatic N) is 4. The van der Waals surface area contributed by atoms with E-state index in [1.807, 2.05) is 12.4 Å². The number of hydrogen-bond acceptors (Lipinski definition) is 5. The van der Waals surface area contributed by atoms with Gasteiger partial charge in [0, 0.05) is 44.1 Å². The van der Waals surface area contributed by atoms with Crippen LogP contribution in [0.5, 0.6) is 6.01 Å². The highest BCUT2D eigenvalue weighted by Crippen LogP contribution is 2.41. The van der Waals surface area contributed by atoms with Crippen molar-refractivity contribution in [3.05, 3.63) is 18.0 Å². The van der Waals surface area contributed by atoms with Gasteiger partial charge in [-0.2, -0.15) is 0 Å². The lowest BCUT2D eigenvalue weighted by Crippen LogP contribution is -2.51. The largest absolute Gasteiger partial charge is 0.467 e. The van der Waals surface area contributed by atoms with Crippen LogP contribution >= 0.6 is 0 Å². The van der Waals surface area contributed by atoms with Crippen LogP contribution in [0.25, 0.3) is 0 Å². The third-order valence-corrected chi connectivity index (χ3v) is 6.73. The zero-order valence-corrected chi connectivity index (χ0v) is 16.5. The van der Waals surface area contributed by atoms with Crippen molar-refractivity contribution in [2.75, 3.05) is 33.3 Å². The molecular weight excluding hydrogens is 340 g/mol. The summed E-state index contributed by atoms with van der Waals surface area (Å²) >= 11 is 0. The predicted octanol–water partition coefficient (Wildman–Crippen LogP) is 2.88. The molecule has 27 heavy (non-hydrogen) atoms. The number of carbonyl (C=O) groups is 1. The van der Waals surface area contributed by atoms with E-state index < -0.39 is 0 Å². The summed E-state index contributed by atoms with van der Waals surface area (Å²) in [6, 6.07) is 0.400. The molecule has 6 nitrogen and oxygen atoms in total. The van der Waals surface area contributed by atoms with Gasteiger partial charge in [-0.3, -0.25) is 9.69 Å². The Labute approximate surface area is 162 Å². The summed E-state index contributed by atoms with van der Waals surface area (Å²) in [4.78, 5) is 26.4. The Bertz CT molecular complexity index is 644. The fourth-order valence-corrected chi connectivity index (χ4v) is 5.27. The maximum absolute atomic E-state index is 13.4. The molecule has 1 aliphatic carbocycles. The maximum atomic E-state index is 13.4. The molecule has 1 atom stereocenters. The molecule has 4 rings (SSSR count). The normalized spacial score (nSPS) is 27.4. The molecular formula is C21H32N4O2. The summed E-state index contributed by atoms with van der Waals surface area (Å²) in [5, 5.41) is 0. The summed E-state index contributed by atoms with van der Waals surface area (Å²) in [6.07, 6.45) is 13.5. The first-order valence-corrected chi connectivity index (χ1v) is 10.6. The van der Waals surface area contributed by atoms with Crippen molar-refractivity contribution in [3.63, 3.8) is 0 Å². The standard InChI is InChI=1S/C21H32N4O2/c1-27-20-22-12-18(13-23-20)14-24-11-9-21(16-24)8-5-10-25(19(21)26)15-17-6-3-2-4-7-17/h12-13,17H,2-11,14-16H2,1H3/t21-/m0/s1. The minimum absolute atomic E-state index is 0.153. The van der Waals surface area contributed by atoms with Crippen molar-refractivity contribution in [2.24, 2.45) is 11.3 Å². The highest BCUT2D eigenvalue weighted by molar-refractivity contribution is 5.84. The van der Waals surface area contributed by atoms with Crippen LogP contribution in [0.2, 0.25) is 0 Å². The molecule has 2 aliphatic heterocycles. The fraction of sp³-hybridized carbons (Fsp3) is 0.762. The number of ether oxygens (including phenoxy) is 1. The zero-order chi connectivity index (χ0) is 18.7. The van der Waals surface area contributed by atoms with Crippen LogP contribution in [-0.2, 0) is 11.3 Å². The summed E-state index contributed by atoms with van der Waals surface area (Å²) in [6.45, 7) is 4.62. The van der Waals surface area contributed by atoms with Gasteiger partial charge in [-0.25, -0.2) is 9.97 Å². The first-order valence-electron chi connectivity index (χ1n) is 10.6. The quantitative estimate of drug-likeness (QED) is 0.795. The Balaban J connectivity index is 1.36. The molecule has 0 bridgehead atoms. The number of rotatable bonds is 5. The van der Waals surface area contributed by atoms with Crippen molar-refractivity contribution < 1.29 is 9.53 Å². The SMILES string of the molecule is COc1ncc(CN2CC[C@@]3(CCCN(CC4CCCCC4)C3=O)C2)cn1. The highest BCUT2D eigenvalue weighted by atomic mass is 16.5. The van der Waals surface area contributed by atoms with Crippen LogP contribution in [0.3, 0.4) is 0 Å². The van der Waals surface area contributed by atoms with E-state index in [0.29, 0.717) is 11.9 Å². The number of methoxy groups -OCH3 is 1. The second-order valence-corrected chi connectivity index (χ2v) is 8.68. The van der Waals surface area contributed by atoms with E-state index in [2.05, 4.69) is 19.8 Å². The number of piperidine rings is 1. The molecule has 0 N–H and O–H groups in total. The minimum atomic E-state index is -0.153. The van der Waals surface area contributed by atoms with Gasteiger partial charge < -0.3 is 9.64 Å². The molecule has 3 aliphatic rings. The topological polar surface area (TPSA) is 58.6 Å². The molecule has 0 radical (unpaired) electrons. The van der Waals surface area contributed by atoms with Gasteiger partial charge >= 0.3 is 6.01 Å². The van der Waals surface area contributed by atoms with Crippen molar-refractivity contribution in [1.82, 2.24) is 19.8 Å². The Kier molecular flexibility index (Phi) is 5.62. The lowest BCUT2D eigenvalue weighted by Gasteiger charge is -2.41. The van der Waals surface area contributed by atoms with Crippen LogP contribution in [0.1, 0.15) is 56.9 Å². The molecule has 1 amide bonds. The molecule has 0 unspecified atom stereocenters. The maximum Gasteiger partial charge on any atom is 0.316 e. The Morgan fingerprint density at radius 3 is 2.63 bits per heavy atom. The van der Waals surface area contributed by atoms with Crippen LogP contribution in [0.4, 0.5) is 0 Å². The van der Waals surface area contributed by atoms with Crippen LogP contribution < -0.4 is 4.74 Å².